The maximum Gasteiger partial charge on any atom is 0.264 e. The predicted molar refractivity (Wildman–Crippen MR) is 110 cm³/mol. The van der Waals surface area contributed by atoms with Crippen molar-refractivity contribution in [3.05, 3.63) is 59.7 Å². The molecule has 0 spiro atoms. The summed E-state index contributed by atoms with van der Waals surface area (Å²) in [7, 11) is -3.72. The van der Waals surface area contributed by atoms with Crippen molar-refractivity contribution >= 4 is 15.7 Å². The van der Waals surface area contributed by atoms with Crippen LogP contribution < -0.4 is 5.48 Å². The fourth-order valence-electron chi connectivity index (χ4n) is 3.00. The van der Waals surface area contributed by atoms with E-state index in [1.165, 1.54) is 12.4 Å². The minimum atomic E-state index is -3.72. The van der Waals surface area contributed by atoms with E-state index >= 15 is 0 Å². The zero-order valence-electron chi connectivity index (χ0n) is 16.5. The summed E-state index contributed by atoms with van der Waals surface area (Å²) < 4.78 is 22.3. The third-order valence-electron chi connectivity index (χ3n) is 5.21. The van der Waals surface area contributed by atoms with Gasteiger partial charge in [-0.25, -0.2) is 13.9 Å². The number of aryl methyl sites for hydroxylation is 1. The molecule has 4 N–H and O–H groups in total. The van der Waals surface area contributed by atoms with Crippen LogP contribution in [0.3, 0.4) is 0 Å². The van der Waals surface area contributed by atoms with Crippen molar-refractivity contribution in [2.75, 3.05) is 12.9 Å². The number of hydrogen-bond donors (Lipinski definition) is 4. The number of nitrogens with one attached hydrogen (secondary N) is 1. The summed E-state index contributed by atoms with van der Waals surface area (Å²) in [4.78, 5) is 11.9. The number of hydroxylamine groups is 1. The van der Waals surface area contributed by atoms with E-state index in [2.05, 4.69) is 0 Å². The molecular formula is C21H27NO6S. The fraction of sp³-hybridized carbons (Fsp3) is 0.381. The van der Waals surface area contributed by atoms with Crippen LogP contribution in [0.4, 0.5) is 0 Å². The predicted octanol–water partition coefficient (Wildman–Crippen LogP) is 1.49. The SMILES string of the molecule is CC(CCc1ccc(-c2ccc(CC(O)CO)cc2)cc1)(C(=O)NO)S(C)(=O)=O. The summed E-state index contributed by atoms with van der Waals surface area (Å²) in [5, 5.41) is 27.3. The van der Waals surface area contributed by atoms with E-state index in [1.807, 2.05) is 48.5 Å². The van der Waals surface area contributed by atoms with Gasteiger partial charge in [-0.15, -0.1) is 0 Å². The highest BCUT2D eigenvalue weighted by Gasteiger charge is 2.43. The average molecular weight is 422 g/mol. The quantitative estimate of drug-likeness (QED) is 0.359. The molecule has 0 radical (unpaired) electrons. The summed E-state index contributed by atoms with van der Waals surface area (Å²) in [6.45, 7) is 1.03. The minimum absolute atomic E-state index is 0.0411. The van der Waals surface area contributed by atoms with Gasteiger partial charge in [-0.05, 0) is 42.0 Å². The van der Waals surface area contributed by atoms with E-state index in [0.29, 0.717) is 12.8 Å². The Labute approximate surface area is 170 Å². The second-order valence-electron chi connectivity index (χ2n) is 7.38. The number of carbonyl (C=O) groups is 1. The number of rotatable bonds is 9. The Kier molecular flexibility index (Phi) is 7.54. The molecule has 158 valence electrons. The first-order valence-electron chi connectivity index (χ1n) is 9.22. The van der Waals surface area contributed by atoms with E-state index in [4.69, 9.17) is 10.3 Å². The first kappa shape index (κ1) is 23.0. The normalized spacial score (nSPS) is 14.8. The first-order chi connectivity index (χ1) is 13.6. The Balaban J connectivity index is 2.09. The van der Waals surface area contributed by atoms with Crippen molar-refractivity contribution in [3.63, 3.8) is 0 Å². The van der Waals surface area contributed by atoms with Crippen LogP contribution in [0.5, 0.6) is 0 Å². The Hall–Kier alpha value is -2.26. The van der Waals surface area contributed by atoms with Gasteiger partial charge in [-0.1, -0.05) is 48.5 Å². The Bertz CT molecular complexity index is 925. The van der Waals surface area contributed by atoms with Crippen molar-refractivity contribution in [1.29, 1.82) is 0 Å². The number of hydrogen-bond acceptors (Lipinski definition) is 6. The molecule has 1 amide bonds. The smallest absolute Gasteiger partial charge is 0.264 e. The van der Waals surface area contributed by atoms with Crippen molar-refractivity contribution in [2.45, 2.75) is 37.0 Å². The highest BCUT2D eigenvalue weighted by molar-refractivity contribution is 7.92. The van der Waals surface area contributed by atoms with Crippen LogP contribution in [0.1, 0.15) is 24.5 Å². The Morgan fingerprint density at radius 3 is 1.93 bits per heavy atom. The van der Waals surface area contributed by atoms with Gasteiger partial charge in [0.1, 0.15) is 4.75 Å². The summed E-state index contributed by atoms with van der Waals surface area (Å²) in [6.07, 6.45) is 0.991. The molecule has 29 heavy (non-hydrogen) atoms. The van der Waals surface area contributed by atoms with Gasteiger partial charge in [-0.2, -0.15) is 0 Å². The monoisotopic (exact) mass is 421 g/mol. The molecule has 2 atom stereocenters. The van der Waals surface area contributed by atoms with Gasteiger partial charge < -0.3 is 10.2 Å². The maximum atomic E-state index is 12.0. The number of benzene rings is 2. The molecule has 0 fully saturated rings. The van der Waals surface area contributed by atoms with Crippen LogP contribution >= 0.6 is 0 Å². The molecule has 7 nitrogen and oxygen atoms in total. The lowest BCUT2D eigenvalue weighted by Crippen LogP contribution is -2.49. The number of sulfone groups is 1. The molecule has 2 aromatic rings. The minimum Gasteiger partial charge on any atom is -0.394 e. The molecule has 0 aliphatic rings. The van der Waals surface area contributed by atoms with Gasteiger partial charge in [0.2, 0.25) is 0 Å². The van der Waals surface area contributed by atoms with Crippen LogP contribution in [0.2, 0.25) is 0 Å². The van der Waals surface area contributed by atoms with Crippen molar-refractivity contribution in [1.82, 2.24) is 5.48 Å². The molecule has 0 saturated heterocycles. The van der Waals surface area contributed by atoms with E-state index in [-0.39, 0.29) is 13.0 Å². The first-order valence-corrected chi connectivity index (χ1v) is 11.1. The van der Waals surface area contributed by atoms with Gasteiger partial charge in [0.15, 0.2) is 9.84 Å². The lowest BCUT2D eigenvalue weighted by molar-refractivity contribution is -0.131. The van der Waals surface area contributed by atoms with Gasteiger partial charge >= 0.3 is 0 Å². The standard InChI is InChI=1S/C21H27NO6S/c1-21(20(25)22-26,29(2,27)28)12-11-15-3-7-17(8-4-15)18-9-5-16(6-10-18)13-19(24)14-23/h3-10,19,23-24,26H,11-14H2,1-2H3,(H,22,25). The fourth-order valence-corrected chi connectivity index (χ4v) is 3.86. The molecule has 0 aromatic heterocycles. The highest BCUT2D eigenvalue weighted by atomic mass is 32.2. The number of carbonyl (C=O) groups excluding carboxylic acids is 1. The van der Waals surface area contributed by atoms with E-state index < -0.39 is 26.6 Å². The van der Waals surface area contributed by atoms with E-state index in [0.717, 1.165) is 28.5 Å². The third-order valence-corrected chi connectivity index (χ3v) is 7.24. The van der Waals surface area contributed by atoms with Crippen molar-refractivity contribution in [3.8, 4) is 11.1 Å². The highest BCUT2D eigenvalue weighted by Crippen LogP contribution is 2.25. The average Bonchev–Trinajstić information content (AvgIpc) is 2.71. The van der Waals surface area contributed by atoms with Gasteiger partial charge in [0, 0.05) is 12.7 Å². The van der Waals surface area contributed by atoms with Crippen molar-refractivity contribution < 1.29 is 28.6 Å². The molecule has 0 bridgehead atoms. The third kappa shape index (κ3) is 5.63. The maximum absolute atomic E-state index is 12.0. The molecule has 0 aliphatic heterocycles. The number of aliphatic hydroxyl groups is 2. The zero-order chi connectivity index (χ0) is 21.7. The Morgan fingerprint density at radius 2 is 1.52 bits per heavy atom. The molecule has 0 heterocycles. The van der Waals surface area contributed by atoms with Crippen LogP contribution in [-0.2, 0) is 27.5 Å². The van der Waals surface area contributed by atoms with Crippen LogP contribution in [0.15, 0.2) is 48.5 Å². The lowest BCUT2D eigenvalue weighted by Gasteiger charge is -2.25. The molecule has 8 heteroatoms. The molecule has 2 aromatic carbocycles. The topological polar surface area (TPSA) is 124 Å². The van der Waals surface area contributed by atoms with Gasteiger partial charge in [-0.3, -0.25) is 10.0 Å². The van der Waals surface area contributed by atoms with Crippen LogP contribution in [0, 0.1) is 0 Å². The lowest BCUT2D eigenvalue weighted by atomic mass is 9.97. The van der Waals surface area contributed by atoms with E-state index in [1.54, 1.807) is 0 Å². The molecule has 0 saturated carbocycles. The molecule has 2 rings (SSSR count). The Morgan fingerprint density at radius 1 is 1.03 bits per heavy atom. The second kappa shape index (κ2) is 9.49. The van der Waals surface area contributed by atoms with Crippen LogP contribution in [0.25, 0.3) is 11.1 Å². The molecule has 0 aliphatic carbocycles. The van der Waals surface area contributed by atoms with E-state index in [9.17, 15) is 18.3 Å². The largest absolute Gasteiger partial charge is 0.394 e. The number of aliphatic hydroxyl groups excluding tert-OH is 2. The van der Waals surface area contributed by atoms with Gasteiger partial charge in [0.05, 0.1) is 12.7 Å². The zero-order valence-corrected chi connectivity index (χ0v) is 17.3. The van der Waals surface area contributed by atoms with Crippen molar-refractivity contribution in [2.24, 2.45) is 0 Å². The summed E-state index contributed by atoms with van der Waals surface area (Å²) in [5.41, 5.74) is 5.21. The second-order valence-corrected chi connectivity index (χ2v) is 9.82. The molecular weight excluding hydrogens is 394 g/mol. The number of amides is 1. The summed E-state index contributed by atoms with van der Waals surface area (Å²) in [6, 6.07) is 15.2. The summed E-state index contributed by atoms with van der Waals surface area (Å²) >= 11 is 0. The summed E-state index contributed by atoms with van der Waals surface area (Å²) in [5.74, 6) is -0.942. The molecule has 2 unspecified atom stereocenters. The van der Waals surface area contributed by atoms with Crippen LogP contribution in [-0.4, -0.2) is 53.5 Å². The van der Waals surface area contributed by atoms with Gasteiger partial charge in [0.25, 0.3) is 5.91 Å².